The predicted molar refractivity (Wildman–Crippen MR) is 84.8 cm³/mol. The molecular formula is C16H26N2OS. The molecule has 1 aliphatic carbocycles. The molecule has 2 atom stereocenters. The van der Waals surface area contributed by atoms with Crippen LogP contribution in [-0.4, -0.2) is 28.0 Å². The molecule has 0 spiro atoms. The fourth-order valence-corrected chi connectivity index (χ4v) is 3.82. The first-order valence-corrected chi connectivity index (χ1v) is 8.70. The van der Waals surface area contributed by atoms with Gasteiger partial charge in [-0.2, -0.15) is 0 Å². The first-order chi connectivity index (χ1) is 9.75. The molecule has 2 rings (SSSR count). The minimum absolute atomic E-state index is 0.0591. The van der Waals surface area contributed by atoms with Gasteiger partial charge in [0.25, 0.3) is 0 Å². The number of thioether (sulfide) groups is 1. The van der Waals surface area contributed by atoms with Crippen molar-refractivity contribution >= 4 is 11.8 Å². The summed E-state index contributed by atoms with van der Waals surface area (Å²) in [5.41, 5.74) is 6.16. The van der Waals surface area contributed by atoms with Crippen LogP contribution < -0.4 is 5.73 Å². The molecule has 3 nitrogen and oxygen atoms in total. The number of hydrogen-bond donors (Lipinski definition) is 2. The van der Waals surface area contributed by atoms with Crippen LogP contribution in [0.4, 0.5) is 0 Å². The molecule has 0 unspecified atom stereocenters. The minimum Gasteiger partial charge on any atom is -0.391 e. The van der Waals surface area contributed by atoms with E-state index in [1.807, 2.05) is 12.1 Å². The molecular weight excluding hydrogens is 268 g/mol. The fraction of sp³-hybridized carbons (Fsp3) is 0.688. The molecule has 0 radical (unpaired) electrons. The van der Waals surface area contributed by atoms with Crippen molar-refractivity contribution < 1.29 is 5.11 Å². The van der Waals surface area contributed by atoms with E-state index in [0.29, 0.717) is 0 Å². The van der Waals surface area contributed by atoms with Gasteiger partial charge in [0.15, 0.2) is 0 Å². The van der Waals surface area contributed by atoms with Crippen LogP contribution in [0.2, 0.25) is 0 Å². The number of aromatic nitrogens is 1. The number of rotatable bonds is 7. The summed E-state index contributed by atoms with van der Waals surface area (Å²) in [7, 11) is 0. The van der Waals surface area contributed by atoms with Gasteiger partial charge in [-0.25, -0.2) is 0 Å². The molecule has 1 saturated carbocycles. The lowest BCUT2D eigenvalue weighted by atomic mass is 9.84. The number of nitrogens with two attached hydrogens (primary N) is 1. The lowest BCUT2D eigenvalue weighted by Gasteiger charge is -2.27. The van der Waals surface area contributed by atoms with Crippen LogP contribution in [0.25, 0.3) is 0 Å². The van der Waals surface area contributed by atoms with Crippen LogP contribution in [0.5, 0.6) is 0 Å². The van der Waals surface area contributed by atoms with Crippen LogP contribution in [0.3, 0.4) is 0 Å². The average molecular weight is 294 g/mol. The molecule has 0 bridgehead atoms. The Morgan fingerprint density at radius 1 is 1.25 bits per heavy atom. The Bertz CT molecular complexity index is 368. The first kappa shape index (κ1) is 15.8. The largest absolute Gasteiger partial charge is 0.391 e. The molecule has 0 amide bonds. The third kappa shape index (κ3) is 5.43. The highest BCUT2D eigenvalue weighted by molar-refractivity contribution is 7.99. The second-order valence-electron chi connectivity index (χ2n) is 5.79. The maximum atomic E-state index is 10.2. The third-order valence-corrected chi connectivity index (χ3v) is 5.20. The molecule has 4 heteroatoms. The monoisotopic (exact) mass is 294 g/mol. The number of nitrogens with zero attached hydrogens (tertiary/aromatic N) is 1. The molecule has 0 aliphatic heterocycles. The van der Waals surface area contributed by atoms with Crippen LogP contribution in [-0.2, 0) is 0 Å². The smallest absolute Gasteiger partial charge is 0.0699 e. The molecule has 20 heavy (non-hydrogen) atoms. The van der Waals surface area contributed by atoms with E-state index >= 15 is 0 Å². The highest BCUT2D eigenvalue weighted by Crippen LogP contribution is 2.28. The van der Waals surface area contributed by atoms with E-state index in [4.69, 9.17) is 5.73 Å². The molecule has 1 aromatic rings. The van der Waals surface area contributed by atoms with E-state index in [0.717, 1.165) is 24.5 Å². The van der Waals surface area contributed by atoms with E-state index < -0.39 is 0 Å². The average Bonchev–Trinajstić information content (AvgIpc) is 2.49. The zero-order valence-electron chi connectivity index (χ0n) is 12.1. The summed E-state index contributed by atoms with van der Waals surface area (Å²) in [6.45, 7) is 0. The van der Waals surface area contributed by atoms with Crippen LogP contribution in [0.1, 0.15) is 44.9 Å². The molecule has 0 aromatic carbocycles. The molecule has 112 valence electrons. The van der Waals surface area contributed by atoms with Gasteiger partial charge < -0.3 is 10.8 Å². The number of aliphatic hydroxyl groups is 1. The SMILES string of the molecule is N[C@@H](CC1CCCCC1)[C@@H](O)CCSc1ccncc1. The predicted octanol–water partition coefficient (Wildman–Crippen LogP) is 3.22. The van der Waals surface area contributed by atoms with Crippen molar-refractivity contribution in [3.63, 3.8) is 0 Å². The standard InChI is InChI=1S/C16H26N2OS/c17-15(12-13-4-2-1-3-5-13)16(19)8-11-20-14-6-9-18-10-7-14/h6-7,9-10,13,15-16,19H,1-5,8,11-12,17H2/t15-,16-/m0/s1. The summed E-state index contributed by atoms with van der Waals surface area (Å²) in [4.78, 5) is 5.20. The minimum atomic E-state index is -0.369. The van der Waals surface area contributed by atoms with Gasteiger partial charge >= 0.3 is 0 Å². The Hall–Kier alpha value is -0.580. The molecule has 3 N–H and O–H groups in total. The quantitative estimate of drug-likeness (QED) is 0.758. The number of aliphatic hydroxyl groups excluding tert-OH is 1. The maximum absolute atomic E-state index is 10.2. The maximum Gasteiger partial charge on any atom is 0.0699 e. The Morgan fingerprint density at radius 2 is 1.95 bits per heavy atom. The molecule has 0 saturated heterocycles. The Kier molecular flexibility index (Phi) is 6.83. The lowest BCUT2D eigenvalue weighted by Crippen LogP contribution is -2.37. The first-order valence-electron chi connectivity index (χ1n) is 7.72. The van der Waals surface area contributed by atoms with Gasteiger partial charge in [-0.1, -0.05) is 32.1 Å². The zero-order chi connectivity index (χ0) is 14.2. The topological polar surface area (TPSA) is 59.1 Å². The van der Waals surface area contributed by atoms with Crippen LogP contribution in [0, 0.1) is 5.92 Å². The van der Waals surface area contributed by atoms with Gasteiger partial charge in [-0.05, 0) is 30.9 Å². The van der Waals surface area contributed by atoms with Gasteiger partial charge in [0.1, 0.15) is 0 Å². The van der Waals surface area contributed by atoms with E-state index in [1.165, 1.54) is 37.0 Å². The van der Waals surface area contributed by atoms with Crippen molar-refractivity contribution in [1.29, 1.82) is 0 Å². The van der Waals surface area contributed by atoms with Crippen molar-refractivity contribution in [3.05, 3.63) is 24.5 Å². The van der Waals surface area contributed by atoms with Crippen LogP contribution >= 0.6 is 11.8 Å². The highest BCUT2D eigenvalue weighted by atomic mass is 32.2. The van der Waals surface area contributed by atoms with Gasteiger partial charge in [0, 0.05) is 29.1 Å². The molecule has 1 heterocycles. The van der Waals surface area contributed by atoms with Crippen molar-refractivity contribution in [3.8, 4) is 0 Å². The van der Waals surface area contributed by atoms with Gasteiger partial charge in [0.05, 0.1) is 6.10 Å². The summed E-state index contributed by atoms with van der Waals surface area (Å²) in [5.74, 6) is 1.64. The summed E-state index contributed by atoms with van der Waals surface area (Å²) >= 11 is 1.76. The van der Waals surface area contributed by atoms with Crippen molar-refractivity contribution in [2.45, 2.75) is 62.0 Å². The summed E-state index contributed by atoms with van der Waals surface area (Å²) in [6, 6.07) is 3.94. The van der Waals surface area contributed by atoms with E-state index in [-0.39, 0.29) is 12.1 Å². The molecule has 1 fully saturated rings. The molecule has 1 aliphatic rings. The van der Waals surface area contributed by atoms with Crippen LogP contribution in [0.15, 0.2) is 29.4 Å². The third-order valence-electron chi connectivity index (χ3n) is 4.16. The fourth-order valence-electron chi connectivity index (χ4n) is 2.91. The second kappa shape index (κ2) is 8.65. The van der Waals surface area contributed by atoms with Crippen molar-refractivity contribution in [2.75, 3.05) is 5.75 Å². The van der Waals surface area contributed by atoms with Gasteiger partial charge in [-0.15, -0.1) is 11.8 Å². The summed E-state index contributed by atoms with van der Waals surface area (Å²) in [6.07, 6.45) is 11.6. The summed E-state index contributed by atoms with van der Waals surface area (Å²) < 4.78 is 0. The lowest BCUT2D eigenvalue weighted by molar-refractivity contribution is 0.124. The van der Waals surface area contributed by atoms with Crippen molar-refractivity contribution in [1.82, 2.24) is 4.98 Å². The van der Waals surface area contributed by atoms with Crippen molar-refractivity contribution in [2.24, 2.45) is 11.7 Å². The number of pyridine rings is 1. The van der Waals surface area contributed by atoms with Gasteiger partial charge in [-0.3, -0.25) is 4.98 Å². The van der Waals surface area contributed by atoms with E-state index in [1.54, 1.807) is 24.2 Å². The van der Waals surface area contributed by atoms with E-state index in [9.17, 15) is 5.11 Å². The number of hydrogen-bond acceptors (Lipinski definition) is 4. The molecule has 1 aromatic heterocycles. The Morgan fingerprint density at radius 3 is 2.65 bits per heavy atom. The second-order valence-corrected chi connectivity index (χ2v) is 6.96. The summed E-state index contributed by atoms with van der Waals surface area (Å²) in [5, 5.41) is 10.2. The van der Waals surface area contributed by atoms with E-state index in [2.05, 4.69) is 4.98 Å². The highest BCUT2D eigenvalue weighted by Gasteiger charge is 2.21. The normalized spacial score (nSPS) is 19.7. The Balaban J connectivity index is 1.64. The Labute approximate surface area is 126 Å². The zero-order valence-corrected chi connectivity index (χ0v) is 12.9. The van der Waals surface area contributed by atoms with Gasteiger partial charge in [0.2, 0.25) is 0 Å².